The zero-order valence-corrected chi connectivity index (χ0v) is 14.9. The van der Waals surface area contributed by atoms with E-state index in [4.69, 9.17) is 9.47 Å². The summed E-state index contributed by atoms with van der Waals surface area (Å²) in [5.74, 6) is 0.378. The van der Waals surface area contributed by atoms with E-state index in [0.29, 0.717) is 22.4 Å². The molecular formula is C18H23NO5. The van der Waals surface area contributed by atoms with E-state index < -0.39 is 5.97 Å². The lowest BCUT2D eigenvalue weighted by Gasteiger charge is -2.19. The number of pyridine rings is 1. The molecule has 0 saturated carbocycles. The van der Waals surface area contributed by atoms with Gasteiger partial charge in [0.05, 0.1) is 30.2 Å². The smallest absolute Gasteiger partial charge is 0.343 e. The minimum atomic E-state index is -0.661. The van der Waals surface area contributed by atoms with Gasteiger partial charge >= 0.3 is 5.97 Å². The van der Waals surface area contributed by atoms with Gasteiger partial charge in [0.25, 0.3) is 0 Å². The van der Waals surface area contributed by atoms with Crippen LogP contribution in [-0.2, 0) is 11.8 Å². The molecule has 0 aliphatic heterocycles. The number of carbonyl (C=O) groups is 1. The Hall–Kier alpha value is -2.50. The second-order valence-electron chi connectivity index (χ2n) is 6.12. The van der Waals surface area contributed by atoms with Crippen LogP contribution in [0.5, 0.6) is 11.5 Å². The van der Waals surface area contributed by atoms with E-state index in [9.17, 15) is 9.59 Å². The fourth-order valence-electron chi connectivity index (χ4n) is 2.44. The second kappa shape index (κ2) is 6.95. The number of esters is 1. The number of aryl methyl sites for hydroxylation is 1. The van der Waals surface area contributed by atoms with Gasteiger partial charge in [-0.25, -0.2) is 4.79 Å². The highest BCUT2D eigenvalue weighted by atomic mass is 16.5. The maximum atomic E-state index is 12.6. The van der Waals surface area contributed by atoms with E-state index in [1.807, 2.05) is 27.7 Å². The van der Waals surface area contributed by atoms with Crippen molar-refractivity contribution in [3.05, 3.63) is 34.1 Å². The monoisotopic (exact) mass is 333 g/mol. The highest BCUT2D eigenvalue weighted by Crippen LogP contribution is 2.33. The van der Waals surface area contributed by atoms with Gasteiger partial charge < -0.3 is 18.8 Å². The average Bonchev–Trinajstić information content (AvgIpc) is 2.50. The predicted octanol–water partition coefficient (Wildman–Crippen LogP) is 2.90. The summed E-state index contributed by atoms with van der Waals surface area (Å²) in [4.78, 5) is 24.5. The maximum absolute atomic E-state index is 12.6. The van der Waals surface area contributed by atoms with Crippen molar-refractivity contribution in [2.45, 2.75) is 39.9 Å². The molecule has 0 aliphatic carbocycles. The standard InChI is InChI=1S/C18H23NO5/c1-10(2)23-15-7-12-14(8-16(15)24-11(3)4)19(5)9-13(17(12)20)18(21)22-6/h7-11H,1-6H3. The summed E-state index contributed by atoms with van der Waals surface area (Å²) in [5.41, 5.74) is 0.250. The first kappa shape index (κ1) is 17.8. The third kappa shape index (κ3) is 3.53. The first-order valence-corrected chi connectivity index (χ1v) is 7.83. The normalized spacial score (nSPS) is 11.2. The van der Waals surface area contributed by atoms with Crippen LogP contribution in [0.1, 0.15) is 38.1 Å². The van der Waals surface area contributed by atoms with Crippen LogP contribution in [0.4, 0.5) is 0 Å². The lowest BCUT2D eigenvalue weighted by molar-refractivity contribution is 0.0598. The van der Waals surface area contributed by atoms with Crippen molar-refractivity contribution in [3.63, 3.8) is 0 Å². The van der Waals surface area contributed by atoms with Gasteiger partial charge in [-0.05, 0) is 33.8 Å². The van der Waals surface area contributed by atoms with E-state index in [2.05, 4.69) is 4.74 Å². The number of benzene rings is 1. The van der Waals surface area contributed by atoms with Crippen LogP contribution in [-0.4, -0.2) is 29.9 Å². The molecule has 0 aliphatic rings. The Bertz CT molecular complexity index is 820. The van der Waals surface area contributed by atoms with Crippen molar-refractivity contribution < 1.29 is 19.0 Å². The number of hydrogen-bond acceptors (Lipinski definition) is 5. The SMILES string of the molecule is COC(=O)c1cn(C)c2cc(OC(C)C)c(OC(C)C)cc2c1=O. The Morgan fingerprint density at radius 3 is 2.08 bits per heavy atom. The molecule has 0 bridgehead atoms. The minimum absolute atomic E-state index is 0.0134. The summed E-state index contributed by atoms with van der Waals surface area (Å²) in [6.07, 6.45) is 1.35. The minimum Gasteiger partial charge on any atom is -0.487 e. The zero-order chi connectivity index (χ0) is 18.0. The number of carbonyl (C=O) groups excluding carboxylic acids is 1. The van der Waals surface area contributed by atoms with Gasteiger partial charge in [-0.1, -0.05) is 0 Å². The topological polar surface area (TPSA) is 66.8 Å². The molecule has 0 unspecified atom stereocenters. The first-order valence-electron chi connectivity index (χ1n) is 7.83. The molecule has 6 nitrogen and oxygen atoms in total. The molecule has 1 heterocycles. The molecule has 130 valence electrons. The third-order valence-electron chi connectivity index (χ3n) is 3.38. The molecule has 0 fully saturated rings. The molecular weight excluding hydrogens is 310 g/mol. The highest BCUT2D eigenvalue weighted by Gasteiger charge is 2.18. The molecule has 2 aromatic rings. The van der Waals surface area contributed by atoms with Crippen LogP contribution in [0, 0.1) is 0 Å². The molecule has 1 aromatic carbocycles. The van der Waals surface area contributed by atoms with Crippen molar-refractivity contribution in [3.8, 4) is 11.5 Å². The second-order valence-corrected chi connectivity index (χ2v) is 6.12. The number of methoxy groups -OCH3 is 1. The number of aromatic nitrogens is 1. The molecule has 0 amide bonds. The summed E-state index contributed by atoms with van der Waals surface area (Å²) in [6, 6.07) is 3.39. The molecule has 0 spiro atoms. The van der Waals surface area contributed by atoms with Crippen LogP contribution in [0.15, 0.2) is 23.1 Å². The molecule has 2 rings (SSSR count). The summed E-state index contributed by atoms with van der Waals surface area (Å²) in [5, 5.41) is 0.382. The Morgan fingerprint density at radius 2 is 1.58 bits per heavy atom. The van der Waals surface area contributed by atoms with Crippen molar-refractivity contribution in [2.24, 2.45) is 7.05 Å². The van der Waals surface area contributed by atoms with Gasteiger partial charge in [0.2, 0.25) is 5.43 Å². The zero-order valence-electron chi connectivity index (χ0n) is 14.9. The Morgan fingerprint density at radius 1 is 1.04 bits per heavy atom. The van der Waals surface area contributed by atoms with E-state index in [0.717, 1.165) is 0 Å². The van der Waals surface area contributed by atoms with Gasteiger partial charge in [0, 0.05) is 19.3 Å². The molecule has 0 N–H and O–H groups in total. The van der Waals surface area contributed by atoms with Crippen molar-refractivity contribution in [1.82, 2.24) is 4.57 Å². The summed E-state index contributed by atoms with van der Waals surface area (Å²) in [6.45, 7) is 7.63. The number of fused-ring (bicyclic) bond motifs is 1. The van der Waals surface area contributed by atoms with E-state index in [-0.39, 0.29) is 23.2 Å². The van der Waals surface area contributed by atoms with Gasteiger partial charge in [-0.3, -0.25) is 4.79 Å². The lowest BCUT2D eigenvalue weighted by atomic mass is 10.1. The fourth-order valence-corrected chi connectivity index (χ4v) is 2.44. The highest BCUT2D eigenvalue weighted by molar-refractivity contribution is 5.94. The quantitative estimate of drug-likeness (QED) is 0.787. The largest absolute Gasteiger partial charge is 0.487 e. The molecule has 6 heteroatoms. The fraction of sp³-hybridized carbons (Fsp3) is 0.444. The van der Waals surface area contributed by atoms with Gasteiger partial charge in [0.15, 0.2) is 11.5 Å². The Kier molecular flexibility index (Phi) is 5.17. The van der Waals surface area contributed by atoms with Crippen LogP contribution in [0.2, 0.25) is 0 Å². The Labute approximate surface area is 140 Å². The van der Waals surface area contributed by atoms with Crippen molar-refractivity contribution in [1.29, 1.82) is 0 Å². The Balaban J connectivity index is 2.76. The van der Waals surface area contributed by atoms with Crippen LogP contribution < -0.4 is 14.9 Å². The van der Waals surface area contributed by atoms with Gasteiger partial charge in [0.1, 0.15) is 5.56 Å². The molecule has 0 atom stereocenters. The average molecular weight is 333 g/mol. The van der Waals surface area contributed by atoms with Crippen LogP contribution in [0.3, 0.4) is 0 Å². The van der Waals surface area contributed by atoms with E-state index in [1.165, 1.54) is 13.3 Å². The van der Waals surface area contributed by atoms with E-state index >= 15 is 0 Å². The molecule has 0 saturated heterocycles. The van der Waals surface area contributed by atoms with Gasteiger partial charge in [-0.2, -0.15) is 0 Å². The summed E-state index contributed by atoms with van der Waals surface area (Å²) < 4.78 is 18.0. The number of ether oxygens (including phenoxy) is 3. The molecule has 0 radical (unpaired) electrons. The van der Waals surface area contributed by atoms with E-state index in [1.54, 1.807) is 23.7 Å². The first-order chi connectivity index (χ1) is 11.2. The van der Waals surface area contributed by atoms with Crippen molar-refractivity contribution in [2.75, 3.05) is 7.11 Å². The van der Waals surface area contributed by atoms with Crippen molar-refractivity contribution >= 4 is 16.9 Å². The van der Waals surface area contributed by atoms with Crippen LogP contribution >= 0.6 is 0 Å². The van der Waals surface area contributed by atoms with Gasteiger partial charge in [-0.15, -0.1) is 0 Å². The lowest BCUT2D eigenvalue weighted by Crippen LogP contribution is -2.20. The van der Waals surface area contributed by atoms with Crippen LogP contribution in [0.25, 0.3) is 10.9 Å². The summed E-state index contributed by atoms with van der Waals surface area (Å²) in [7, 11) is 3.01. The molecule has 24 heavy (non-hydrogen) atoms. The number of rotatable bonds is 5. The number of hydrogen-bond donors (Lipinski definition) is 0. The number of nitrogens with zero attached hydrogens (tertiary/aromatic N) is 1. The summed E-state index contributed by atoms with van der Waals surface area (Å²) >= 11 is 0. The predicted molar refractivity (Wildman–Crippen MR) is 92.1 cm³/mol. The molecule has 1 aromatic heterocycles. The third-order valence-corrected chi connectivity index (χ3v) is 3.38. The maximum Gasteiger partial charge on any atom is 0.343 e.